The Morgan fingerprint density at radius 3 is 1.90 bits per heavy atom. The highest BCUT2D eigenvalue weighted by atomic mass is 16.5. The van der Waals surface area contributed by atoms with Crippen molar-refractivity contribution in [3.63, 3.8) is 0 Å². The van der Waals surface area contributed by atoms with E-state index in [1.165, 1.54) is 7.11 Å². The van der Waals surface area contributed by atoms with E-state index in [0.29, 0.717) is 12.4 Å². The molecule has 0 aromatic carbocycles. The van der Waals surface area contributed by atoms with Crippen molar-refractivity contribution in [2.24, 2.45) is 0 Å². The Hall–Kier alpha value is -5.82. The van der Waals surface area contributed by atoms with Gasteiger partial charge in [-0.3, -0.25) is 0 Å². The molecule has 0 radical (unpaired) electrons. The number of hydrogen-bond donors (Lipinski definition) is 2. The van der Waals surface area contributed by atoms with Gasteiger partial charge in [-0.1, -0.05) is 23.7 Å². The van der Waals surface area contributed by atoms with Crippen LogP contribution in [0.25, 0.3) is 33.3 Å². The van der Waals surface area contributed by atoms with E-state index in [1.54, 1.807) is 67.0 Å². The summed E-state index contributed by atoms with van der Waals surface area (Å²) >= 11 is 0. The summed E-state index contributed by atoms with van der Waals surface area (Å²) in [6.07, 6.45) is 16.5. The second kappa shape index (κ2) is 12.7. The van der Waals surface area contributed by atoms with Gasteiger partial charge in [0.2, 0.25) is 5.95 Å². The zero-order valence-electron chi connectivity index (χ0n) is 27.7. The Morgan fingerprint density at radius 1 is 0.796 bits per heavy atom. The smallest absolute Gasteiger partial charge is 0.316 e. The molecule has 2 atom stereocenters. The summed E-state index contributed by atoms with van der Waals surface area (Å²) in [6.45, 7) is 5.83. The van der Waals surface area contributed by atoms with E-state index in [-0.39, 0.29) is 12.1 Å². The molecule has 0 aliphatic carbocycles. The van der Waals surface area contributed by atoms with Crippen LogP contribution in [0, 0.1) is 23.7 Å². The number of aromatic nitrogens is 8. The summed E-state index contributed by atoms with van der Waals surface area (Å²) in [6, 6.07) is 7.87. The lowest BCUT2D eigenvalue weighted by Gasteiger charge is -2.29. The van der Waals surface area contributed by atoms with Crippen LogP contribution in [0.4, 0.5) is 5.95 Å². The highest BCUT2D eigenvalue weighted by molar-refractivity contribution is 5.85. The van der Waals surface area contributed by atoms with Gasteiger partial charge in [-0.2, -0.15) is 10.2 Å². The van der Waals surface area contributed by atoms with Crippen LogP contribution in [0.5, 0.6) is 6.01 Å². The summed E-state index contributed by atoms with van der Waals surface area (Å²) in [5, 5.41) is 30.6. The number of pyridine rings is 2. The number of aliphatic hydroxyl groups is 2. The normalized spacial score (nSPS) is 15.8. The van der Waals surface area contributed by atoms with Crippen molar-refractivity contribution in [1.82, 2.24) is 39.2 Å². The molecule has 0 saturated carbocycles. The summed E-state index contributed by atoms with van der Waals surface area (Å²) in [7, 11) is 1.52. The summed E-state index contributed by atoms with van der Waals surface area (Å²) in [5.74, 6) is 12.9. The number of fused-ring (bicyclic) bond motifs is 2. The van der Waals surface area contributed by atoms with Gasteiger partial charge in [-0.05, 0) is 57.9 Å². The second-order valence-electron chi connectivity index (χ2n) is 12.8. The molecule has 0 bridgehead atoms. The van der Waals surface area contributed by atoms with Crippen LogP contribution in [0.1, 0.15) is 51.2 Å². The minimum Gasteiger partial charge on any atom is -0.467 e. The van der Waals surface area contributed by atoms with Crippen LogP contribution >= 0.6 is 0 Å². The minimum absolute atomic E-state index is 0.00797. The average Bonchev–Trinajstić information content (AvgIpc) is 3.85. The number of ether oxygens (including phenoxy) is 1. The Balaban J connectivity index is 1.11. The van der Waals surface area contributed by atoms with Crippen LogP contribution in [-0.4, -0.2) is 80.3 Å². The standard InChI is InChI=1S/C37H35N9O3/c1-36(2,47)13-11-25-8-5-16-45-32(25)30(23-42-45)27-19-38-34(39-20-27)44-15-7-10-29(44)18-37(3,48)14-12-26-9-6-17-46-33(26)31(24-43-46)28-21-40-35(49-4)41-22-28/h5-6,8-9,16-17,19-24,29,47-48H,7,10,15,18H2,1-4H3. The maximum absolute atomic E-state index is 11.5. The van der Waals surface area contributed by atoms with E-state index < -0.39 is 11.2 Å². The highest BCUT2D eigenvalue weighted by Gasteiger charge is 2.33. The van der Waals surface area contributed by atoms with Gasteiger partial charge in [0.15, 0.2) is 0 Å². The van der Waals surface area contributed by atoms with E-state index in [4.69, 9.17) is 14.7 Å². The maximum Gasteiger partial charge on any atom is 0.316 e. The fourth-order valence-electron chi connectivity index (χ4n) is 6.12. The van der Waals surface area contributed by atoms with Gasteiger partial charge in [0.05, 0.1) is 41.7 Å². The van der Waals surface area contributed by atoms with Crippen molar-refractivity contribution in [2.45, 2.75) is 57.3 Å². The fourth-order valence-corrected chi connectivity index (χ4v) is 6.12. The second-order valence-corrected chi connectivity index (χ2v) is 12.8. The molecule has 12 heteroatoms. The van der Waals surface area contributed by atoms with Gasteiger partial charge >= 0.3 is 6.01 Å². The Kier molecular flexibility index (Phi) is 8.20. The van der Waals surface area contributed by atoms with Crippen molar-refractivity contribution in [2.75, 3.05) is 18.6 Å². The van der Waals surface area contributed by atoms with Gasteiger partial charge in [0, 0.05) is 78.4 Å². The Labute approximate surface area is 283 Å². The molecule has 7 heterocycles. The number of hydrogen-bond acceptors (Lipinski definition) is 10. The van der Waals surface area contributed by atoms with Gasteiger partial charge in [-0.15, -0.1) is 0 Å². The third-order valence-corrected chi connectivity index (χ3v) is 8.39. The predicted molar refractivity (Wildman–Crippen MR) is 185 cm³/mol. The molecule has 2 N–H and O–H groups in total. The molecule has 6 aromatic rings. The molecular weight excluding hydrogens is 618 g/mol. The van der Waals surface area contributed by atoms with Gasteiger partial charge in [0.1, 0.15) is 11.2 Å². The molecule has 1 aliphatic heterocycles. The van der Waals surface area contributed by atoms with Gasteiger partial charge in [-0.25, -0.2) is 29.0 Å². The molecule has 1 saturated heterocycles. The highest BCUT2D eigenvalue weighted by Crippen LogP contribution is 2.31. The van der Waals surface area contributed by atoms with Gasteiger partial charge in [0.25, 0.3) is 0 Å². The van der Waals surface area contributed by atoms with Crippen molar-refractivity contribution >= 4 is 17.0 Å². The molecule has 246 valence electrons. The summed E-state index contributed by atoms with van der Waals surface area (Å²) in [4.78, 5) is 20.1. The predicted octanol–water partition coefficient (Wildman–Crippen LogP) is 4.19. The number of anilines is 1. The lowest BCUT2D eigenvalue weighted by Crippen LogP contribution is -2.37. The molecule has 49 heavy (non-hydrogen) atoms. The summed E-state index contributed by atoms with van der Waals surface area (Å²) in [5.41, 5.74) is 3.97. The van der Waals surface area contributed by atoms with E-state index >= 15 is 0 Å². The fraction of sp³-hybridized carbons (Fsp3) is 0.297. The third kappa shape index (κ3) is 6.65. The molecule has 0 amide bonds. The first-order chi connectivity index (χ1) is 23.6. The van der Waals surface area contributed by atoms with Crippen LogP contribution in [0.3, 0.4) is 0 Å². The number of nitrogens with zero attached hydrogens (tertiary/aromatic N) is 9. The van der Waals surface area contributed by atoms with Crippen molar-refractivity contribution in [3.8, 4) is 51.9 Å². The molecule has 1 aliphatic rings. The van der Waals surface area contributed by atoms with E-state index in [2.05, 4.69) is 48.7 Å². The maximum atomic E-state index is 11.5. The zero-order chi connectivity index (χ0) is 34.2. The lowest BCUT2D eigenvalue weighted by molar-refractivity contribution is 0.104. The molecular formula is C37H35N9O3. The van der Waals surface area contributed by atoms with E-state index in [9.17, 15) is 10.2 Å². The number of rotatable bonds is 6. The SMILES string of the molecule is COc1ncc(-c2cnn3cccc(C#CC(C)(O)CC4CCCN4c4ncc(-c5cnn6cccc(C#CC(C)(C)O)c56)cn4)c23)cn1. The molecule has 7 rings (SSSR count). The monoisotopic (exact) mass is 653 g/mol. The number of methoxy groups -OCH3 is 1. The van der Waals surface area contributed by atoms with Crippen LogP contribution in [0.15, 0.2) is 73.8 Å². The van der Waals surface area contributed by atoms with Crippen LogP contribution in [-0.2, 0) is 0 Å². The van der Waals surface area contributed by atoms with Crippen LogP contribution < -0.4 is 9.64 Å². The third-order valence-electron chi connectivity index (χ3n) is 8.39. The molecule has 0 spiro atoms. The van der Waals surface area contributed by atoms with Crippen molar-refractivity contribution in [1.29, 1.82) is 0 Å². The largest absolute Gasteiger partial charge is 0.467 e. The first-order valence-electron chi connectivity index (χ1n) is 16.0. The molecule has 1 fully saturated rings. The minimum atomic E-state index is -1.28. The lowest BCUT2D eigenvalue weighted by atomic mass is 9.95. The summed E-state index contributed by atoms with van der Waals surface area (Å²) < 4.78 is 8.62. The van der Waals surface area contributed by atoms with E-state index in [1.807, 2.05) is 36.7 Å². The molecule has 2 unspecified atom stereocenters. The quantitative estimate of drug-likeness (QED) is 0.252. The van der Waals surface area contributed by atoms with Gasteiger partial charge < -0.3 is 19.8 Å². The van der Waals surface area contributed by atoms with Crippen molar-refractivity contribution < 1.29 is 14.9 Å². The topological polar surface area (TPSA) is 139 Å². The van der Waals surface area contributed by atoms with Crippen LogP contribution in [0.2, 0.25) is 0 Å². The zero-order valence-corrected chi connectivity index (χ0v) is 27.7. The van der Waals surface area contributed by atoms with Crippen molar-refractivity contribution in [3.05, 3.63) is 85.0 Å². The average molecular weight is 654 g/mol. The Morgan fingerprint density at radius 2 is 1.35 bits per heavy atom. The van der Waals surface area contributed by atoms with E-state index in [0.717, 1.165) is 63.8 Å². The molecule has 12 nitrogen and oxygen atoms in total. The molecule has 6 aromatic heterocycles. The first kappa shape index (κ1) is 31.8. The Bertz CT molecular complexity index is 2260. The first-order valence-corrected chi connectivity index (χ1v) is 16.0.